The Morgan fingerprint density at radius 3 is 2.48 bits per heavy atom. The van der Waals surface area contributed by atoms with Crippen LogP contribution in [0.15, 0.2) is 29.2 Å². The molecule has 9 nitrogen and oxygen atoms in total. The molecule has 10 heteroatoms. The fourth-order valence-electron chi connectivity index (χ4n) is 3.87. The van der Waals surface area contributed by atoms with Crippen molar-refractivity contribution < 1.29 is 18.1 Å². The highest BCUT2D eigenvalue weighted by molar-refractivity contribution is 7.89. The smallest absolute Gasteiger partial charge is 0.270 e. The van der Waals surface area contributed by atoms with Crippen molar-refractivity contribution in [2.45, 2.75) is 48.7 Å². The molecular weight excluding hydrogens is 372 g/mol. The molecule has 0 aliphatic carbocycles. The summed E-state index contributed by atoms with van der Waals surface area (Å²) in [6.45, 7) is -0.305. The molecule has 2 bridgehead atoms. The number of amides is 1. The van der Waals surface area contributed by atoms with Gasteiger partial charge >= 0.3 is 0 Å². The summed E-state index contributed by atoms with van der Waals surface area (Å²) in [5, 5.41) is 14.4. The summed E-state index contributed by atoms with van der Waals surface area (Å²) < 4.78 is 26.3. The van der Waals surface area contributed by atoms with Crippen molar-refractivity contribution in [2.75, 3.05) is 20.6 Å². The van der Waals surface area contributed by atoms with Gasteiger partial charge in [-0.2, -0.15) is 4.31 Å². The van der Waals surface area contributed by atoms with Crippen LogP contribution < -0.4 is 5.32 Å². The Morgan fingerprint density at radius 1 is 1.26 bits per heavy atom. The lowest BCUT2D eigenvalue weighted by atomic mass is 9.98. The van der Waals surface area contributed by atoms with Crippen LogP contribution in [0.2, 0.25) is 0 Å². The zero-order chi connectivity index (χ0) is 19.8. The molecule has 2 saturated heterocycles. The Balaban J connectivity index is 1.68. The number of nitro benzene ring substituents is 1. The van der Waals surface area contributed by atoms with E-state index in [0.29, 0.717) is 12.1 Å². The van der Waals surface area contributed by atoms with E-state index in [1.807, 2.05) is 0 Å². The first kappa shape index (κ1) is 19.7. The number of carbonyl (C=O) groups is 1. The number of fused-ring (bicyclic) bond motifs is 2. The quantitative estimate of drug-likeness (QED) is 0.566. The molecule has 2 fully saturated rings. The number of hydrogen-bond acceptors (Lipinski definition) is 6. The first-order chi connectivity index (χ1) is 12.7. The Kier molecular flexibility index (Phi) is 5.50. The second-order valence-corrected chi connectivity index (χ2v) is 9.33. The predicted molar refractivity (Wildman–Crippen MR) is 98.6 cm³/mol. The fraction of sp³-hybridized carbons (Fsp3) is 0.588. The van der Waals surface area contributed by atoms with Crippen molar-refractivity contribution in [2.24, 2.45) is 0 Å². The summed E-state index contributed by atoms with van der Waals surface area (Å²) in [5.41, 5.74) is -0.307. The fourth-order valence-corrected chi connectivity index (χ4v) is 5.03. The average Bonchev–Trinajstić information content (AvgIpc) is 2.98. The molecule has 1 aromatic carbocycles. The molecule has 2 heterocycles. The number of nitrogens with one attached hydrogen (secondary N) is 1. The van der Waals surface area contributed by atoms with E-state index < -0.39 is 14.9 Å². The van der Waals surface area contributed by atoms with Crippen LogP contribution >= 0.6 is 0 Å². The van der Waals surface area contributed by atoms with Gasteiger partial charge in [0.1, 0.15) is 0 Å². The zero-order valence-electron chi connectivity index (χ0n) is 15.4. The minimum Gasteiger partial charge on any atom is -0.342 e. The zero-order valence-corrected chi connectivity index (χ0v) is 16.2. The Morgan fingerprint density at radius 2 is 1.89 bits per heavy atom. The first-order valence-corrected chi connectivity index (χ1v) is 10.3. The van der Waals surface area contributed by atoms with Crippen LogP contribution in [-0.2, 0) is 14.8 Å². The average molecular weight is 396 g/mol. The second kappa shape index (κ2) is 7.53. The number of non-ortho nitro benzene ring substituents is 1. The van der Waals surface area contributed by atoms with Crippen LogP contribution in [0.25, 0.3) is 0 Å². The van der Waals surface area contributed by atoms with Crippen LogP contribution in [-0.4, -0.2) is 67.2 Å². The largest absolute Gasteiger partial charge is 0.342 e. The molecule has 2 aliphatic rings. The van der Waals surface area contributed by atoms with Gasteiger partial charge in [0.2, 0.25) is 15.9 Å². The van der Waals surface area contributed by atoms with E-state index in [2.05, 4.69) is 5.32 Å². The standard InChI is InChI=1S/C17H24N4O5S/c1-19(27(25,26)16-5-3-4-14(10-16)21(23)24)11-17(22)20(2)15-8-12-6-7-13(9-15)18-12/h3-5,10,12-13,15,18H,6-9,11H2,1-2H3. The maximum Gasteiger partial charge on any atom is 0.270 e. The molecule has 2 aliphatic heterocycles. The number of nitro groups is 1. The molecule has 0 spiro atoms. The molecule has 1 N–H and O–H groups in total. The van der Waals surface area contributed by atoms with Gasteiger partial charge in [-0.3, -0.25) is 14.9 Å². The van der Waals surface area contributed by atoms with Crippen LogP contribution in [0.5, 0.6) is 0 Å². The molecule has 3 rings (SSSR count). The van der Waals surface area contributed by atoms with Crippen molar-refractivity contribution in [3.05, 3.63) is 34.4 Å². The number of sulfonamides is 1. The van der Waals surface area contributed by atoms with E-state index >= 15 is 0 Å². The lowest BCUT2D eigenvalue weighted by Crippen LogP contribution is -2.50. The highest BCUT2D eigenvalue weighted by atomic mass is 32.2. The SMILES string of the molecule is CN(C(=O)CN(C)S(=O)(=O)c1cccc([N+](=O)[O-])c1)C1CC2CCC(C1)N2. The van der Waals surface area contributed by atoms with Gasteiger partial charge in [-0.25, -0.2) is 8.42 Å². The Hall–Kier alpha value is -2.04. The minimum atomic E-state index is -3.99. The summed E-state index contributed by atoms with van der Waals surface area (Å²) in [7, 11) is -0.969. The monoisotopic (exact) mass is 396 g/mol. The molecule has 1 amide bonds. The molecule has 0 radical (unpaired) electrons. The molecule has 0 saturated carbocycles. The van der Waals surface area contributed by atoms with E-state index in [1.165, 1.54) is 25.2 Å². The number of piperidine rings is 1. The van der Waals surface area contributed by atoms with Gasteiger partial charge in [-0.1, -0.05) is 6.07 Å². The first-order valence-electron chi connectivity index (χ1n) is 8.91. The van der Waals surface area contributed by atoms with Gasteiger partial charge < -0.3 is 10.2 Å². The van der Waals surface area contributed by atoms with Gasteiger partial charge in [0.25, 0.3) is 5.69 Å². The number of rotatable bonds is 6. The molecule has 148 valence electrons. The molecule has 27 heavy (non-hydrogen) atoms. The summed E-state index contributed by atoms with van der Waals surface area (Å²) in [5.74, 6) is -0.280. The number of likely N-dealkylation sites (N-methyl/N-ethyl adjacent to an activating group) is 2. The van der Waals surface area contributed by atoms with E-state index in [-0.39, 0.29) is 29.1 Å². The Bertz CT molecular complexity index is 831. The molecule has 2 atom stereocenters. The highest BCUT2D eigenvalue weighted by Crippen LogP contribution is 2.29. The molecular formula is C17H24N4O5S. The minimum absolute atomic E-state index is 0.102. The normalized spacial score (nSPS) is 24.8. The van der Waals surface area contributed by atoms with Crippen LogP contribution in [0, 0.1) is 10.1 Å². The summed E-state index contributed by atoms with van der Waals surface area (Å²) in [6.07, 6.45) is 3.98. The lowest BCUT2D eigenvalue weighted by molar-refractivity contribution is -0.385. The van der Waals surface area contributed by atoms with Crippen molar-refractivity contribution in [1.82, 2.24) is 14.5 Å². The summed E-state index contributed by atoms with van der Waals surface area (Å²) in [6, 6.07) is 5.79. The van der Waals surface area contributed by atoms with Crippen molar-refractivity contribution in [3.8, 4) is 0 Å². The van der Waals surface area contributed by atoms with Crippen molar-refractivity contribution >= 4 is 21.6 Å². The van der Waals surface area contributed by atoms with Gasteiger partial charge in [-0.05, 0) is 31.7 Å². The maximum absolute atomic E-state index is 12.7. The van der Waals surface area contributed by atoms with Gasteiger partial charge in [0, 0.05) is 44.4 Å². The second-order valence-electron chi connectivity index (χ2n) is 7.28. The Labute approximate surface area is 158 Å². The number of nitrogens with zero attached hydrogens (tertiary/aromatic N) is 3. The predicted octanol–water partition coefficient (Wildman–Crippen LogP) is 0.957. The van der Waals surface area contributed by atoms with E-state index in [0.717, 1.165) is 36.1 Å². The number of carbonyl (C=O) groups excluding carboxylic acids is 1. The van der Waals surface area contributed by atoms with Crippen LogP contribution in [0.4, 0.5) is 5.69 Å². The lowest BCUT2D eigenvalue weighted by Gasteiger charge is -2.36. The summed E-state index contributed by atoms with van der Waals surface area (Å²) >= 11 is 0. The number of benzene rings is 1. The molecule has 2 unspecified atom stereocenters. The van der Waals surface area contributed by atoms with Gasteiger partial charge in [-0.15, -0.1) is 0 Å². The van der Waals surface area contributed by atoms with Crippen LogP contribution in [0.1, 0.15) is 25.7 Å². The van der Waals surface area contributed by atoms with E-state index in [1.54, 1.807) is 11.9 Å². The molecule has 1 aromatic rings. The summed E-state index contributed by atoms with van der Waals surface area (Å²) in [4.78, 5) is 24.3. The maximum atomic E-state index is 12.7. The number of hydrogen-bond donors (Lipinski definition) is 1. The van der Waals surface area contributed by atoms with Crippen molar-refractivity contribution in [3.63, 3.8) is 0 Å². The van der Waals surface area contributed by atoms with Crippen molar-refractivity contribution in [1.29, 1.82) is 0 Å². The van der Waals surface area contributed by atoms with Gasteiger partial charge in [0.05, 0.1) is 16.4 Å². The topological polar surface area (TPSA) is 113 Å². The third-order valence-electron chi connectivity index (χ3n) is 5.48. The molecule has 0 aromatic heterocycles. The van der Waals surface area contributed by atoms with Crippen LogP contribution in [0.3, 0.4) is 0 Å². The third-order valence-corrected chi connectivity index (χ3v) is 7.28. The highest BCUT2D eigenvalue weighted by Gasteiger charge is 2.37. The third kappa shape index (κ3) is 4.12. The van der Waals surface area contributed by atoms with Gasteiger partial charge in [0.15, 0.2) is 0 Å². The van der Waals surface area contributed by atoms with E-state index in [9.17, 15) is 23.3 Å². The van der Waals surface area contributed by atoms with E-state index in [4.69, 9.17) is 0 Å².